The first kappa shape index (κ1) is 24.3. The Hall–Kier alpha value is -3.45. The second-order valence-corrected chi connectivity index (χ2v) is 9.69. The van der Waals surface area contributed by atoms with Crippen LogP contribution in [0.2, 0.25) is 0 Å². The summed E-state index contributed by atoms with van der Waals surface area (Å²) in [4.78, 5) is 36.4. The average molecular weight is 506 g/mol. The lowest BCUT2D eigenvalue weighted by atomic mass is 9.75. The molecule has 0 radical (unpaired) electrons. The van der Waals surface area contributed by atoms with Crippen molar-refractivity contribution in [1.29, 1.82) is 0 Å². The summed E-state index contributed by atoms with van der Waals surface area (Å²) in [5, 5.41) is 11.2. The molecule has 0 aliphatic carbocycles. The molecule has 4 N–H and O–H groups in total. The van der Waals surface area contributed by atoms with E-state index in [1.807, 2.05) is 0 Å². The van der Waals surface area contributed by atoms with Crippen LogP contribution in [0.4, 0.5) is 19.0 Å². The highest BCUT2D eigenvalue weighted by Gasteiger charge is 2.50. The second-order valence-electron chi connectivity index (χ2n) is 9.69. The van der Waals surface area contributed by atoms with E-state index in [4.69, 9.17) is 10.5 Å². The fourth-order valence-corrected chi connectivity index (χ4v) is 5.20. The van der Waals surface area contributed by atoms with Crippen molar-refractivity contribution in [1.82, 2.24) is 24.4 Å². The molecule has 1 spiro atoms. The lowest BCUT2D eigenvalue weighted by molar-refractivity contribution is -0.195. The van der Waals surface area contributed by atoms with Gasteiger partial charge in [-0.15, -0.1) is 0 Å². The standard InChI is InChI=1S/C23H25F3N6O4/c1-21(35)12-22(36-11-16(21)32-7-4-17(27)30-20(32)34)5-8-31(9-6-22)18(33)13-2-3-14-15(10-13)29-19(28-14)23(24,25)26/h2-4,7,10,16,35H,5-6,8-9,11-12H2,1H3,(H,28,29)(H2,27,30,34)/t16-,21-/m1/s1. The maximum absolute atomic E-state index is 13.1. The van der Waals surface area contributed by atoms with Gasteiger partial charge in [0.15, 0.2) is 0 Å². The Morgan fingerprint density at radius 3 is 2.61 bits per heavy atom. The number of nitrogens with two attached hydrogens (primary N) is 1. The van der Waals surface area contributed by atoms with Gasteiger partial charge in [0.25, 0.3) is 5.91 Å². The van der Waals surface area contributed by atoms with Crippen LogP contribution in [0.5, 0.6) is 0 Å². The number of piperidine rings is 1. The number of rotatable bonds is 2. The predicted molar refractivity (Wildman–Crippen MR) is 122 cm³/mol. The molecule has 0 saturated carbocycles. The number of hydrogen-bond donors (Lipinski definition) is 3. The van der Waals surface area contributed by atoms with Crippen LogP contribution >= 0.6 is 0 Å². The number of hydrogen-bond acceptors (Lipinski definition) is 7. The molecule has 13 heteroatoms. The third-order valence-corrected chi connectivity index (χ3v) is 7.09. The molecule has 0 unspecified atom stereocenters. The van der Waals surface area contributed by atoms with E-state index in [1.54, 1.807) is 11.8 Å². The molecule has 2 aliphatic rings. The molecule has 10 nitrogen and oxygen atoms in total. The number of nitrogens with zero attached hydrogens (tertiary/aromatic N) is 4. The van der Waals surface area contributed by atoms with Crippen LogP contribution in [0.3, 0.4) is 0 Å². The zero-order valence-electron chi connectivity index (χ0n) is 19.4. The summed E-state index contributed by atoms with van der Waals surface area (Å²) < 4.78 is 46.3. The second kappa shape index (κ2) is 8.30. The monoisotopic (exact) mass is 506 g/mol. The van der Waals surface area contributed by atoms with Crippen LogP contribution < -0.4 is 11.4 Å². The summed E-state index contributed by atoms with van der Waals surface area (Å²) in [5.41, 5.74) is 3.56. The van der Waals surface area contributed by atoms with E-state index in [2.05, 4.69) is 15.0 Å². The van der Waals surface area contributed by atoms with Crippen molar-refractivity contribution in [3.8, 4) is 0 Å². The zero-order chi connectivity index (χ0) is 25.9. The van der Waals surface area contributed by atoms with E-state index in [-0.39, 0.29) is 41.3 Å². The number of amides is 1. The minimum Gasteiger partial charge on any atom is -0.388 e. The van der Waals surface area contributed by atoms with E-state index in [9.17, 15) is 27.9 Å². The molecular formula is C23H25F3N6O4. The molecular weight excluding hydrogens is 481 g/mol. The predicted octanol–water partition coefficient (Wildman–Crippen LogP) is 2.11. The molecule has 2 fully saturated rings. The first-order valence-corrected chi connectivity index (χ1v) is 11.4. The number of anilines is 1. The van der Waals surface area contributed by atoms with Crippen molar-refractivity contribution in [2.45, 2.75) is 49.6 Å². The number of imidazole rings is 1. The molecule has 0 bridgehead atoms. The van der Waals surface area contributed by atoms with Gasteiger partial charge in [-0.1, -0.05) is 0 Å². The number of aliphatic hydroxyl groups is 1. The molecule has 2 atom stereocenters. The quantitative estimate of drug-likeness (QED) is 0.484. The molecule has 5 rings (SSSR count). The number of likely N-dealkylation sites (tertiary alicyclic amines) is 1. The molecule has 4 heterocycles. The number of aromatic amines is 1. The van der Waals surface area contributed by atoms with Crippen molar-refractivity contribution in [3.05, 3.63) is 52.3 Å². The van der Waals surface area contributed by atoms with Crippen molar-refractivity contribution in [3.63, 3.8) is 0 Å². The fraction of sp³-hybridized carbons (Fsp3) is 0.478. The maximum atomic E-state index is 13.1. The molecule has 2 saturated heterocycles. The summed E-state index contributed by atoms with van der Waals surface area (Å²) in [7, 11) is 0. The number of carbonyl (C=O) groups is 1. The van der Waals surface area contributed by atoms with Crippen LogP contribution in [0.15, 0.2) is 35.3 Å². The number of ether oxygens (including phenoxy) is 1. The van der Waals surface area contributed by atoms with E-state index in [1.165, 1.54) is 35.0 Å². The molecule has 1 aromatic carbocycles. The Morgan fingerprint density at radius 1 is 1.25 bits per heavy atom. The zero-order valence-corrected chi connectivity index (χ0v) is 19.4. The van der Waals surface area contributed by atoms with Gasteiger partial charge in [0.1, 0.15) is 5.82 Å². The first-order valence-electron chi connectivity index (χ1n) is 11.4. The van der Waals surface area contributed by atoms with Gasteiger partial charge in [-0.2, -0.15) is 18.2 Å². The van der Waals surface area contributed by atoms with Crippen LogP contribution in [-0.4, -0.2) is 66.3 Å². The summed E-state index contributed by atoms with van der Waals surface area (Å²) >= 11 is 0. The average Bonchev–Trinajstić information content (AvgIpc) is 3.24. The third kappa shape index (κ3) is 4.32. The van der Waals surface area contributed by atoms with E-state index in [0.29, 0.717) is 25.9 Å². The number of aromatic nitrogens is 4. The Kier molecular flexibility index (Phi) is 5.59. The smallest absolute Gasteiger partial charge is 0.388 e. The van der Waals surface area contributed by atoms with Crippen molar-refractivity contribution in [2.24, 2.45) is 0 Å². The molecule has 192 valence electrons. The molecule has 36 heavy (non-hydrogen) atoms. The number of fused-ring (bicyclic) bond motifs is 1. The first-order chi connectivity index (χ1) is 16.9. The lowest BCUT2D eigenvalue weighted by Gasteiger charge is -2.51. The van der Waals surface area contributed by atoms with Crippen LogP contribution in [-0.2, 0) is 10.9 Å². The largest absolute Gasteiger partial charge is 0.449 e. The maximum Gasteiger partial charge on any atom is 0.449 e. The molecule has 3 aromatic rings. The van der Waals surface area contributed by atoms with Gasteiger partial charge in [-0.3, -0.25) is 9.36 Å². The molecule has 2 aromatic heterocycles. The van der Waals surface area contributed by atoms with Crippen LogP contribution in [0.1, 0.15) is 48.4 Å². The summed E-state index contributed by atoms with van der Waals surface area (Å²) in [6, 6.07) is 5.05. The Balaban J connectivity index is 1.27. The number of benzene rings is 1. The van der Waals surface area contributed by atoms with Gasteiger partial charge in [-0.25, -0.2) is 9.78 Å². The van der Waals surface area contributed by atoms with E-state index < -0.39 is 34.9 Å². The number of nitrogens with one attached hydrogen (secondary N) is 1. The van der Waals surface area contributed by atoms with Gasteiger partial charge in [0.2, 0.25) is 5.82 Å². The summed E-state index contributed by atoms with van der Waals surface area (Å²) in [6.45, 7) is 2.43. The Labute approximate surface area is 202 Å². The number of alkyl halides is 3. The highest BCUT2D eigenvalue weighted by molar-refractivity contribution is 5.97. The van der Waals surface area contributed by atoms with Crippen molar-refractivity contribution < 1.29 is 27.8 Å². The lowest BCUT2D eigenvalue weighted by Crippen LogP contribution is -2.59. The summed E-state index contributed by atoms with van der Waals surface area (Å²) in [6.07, 6.45) is -1.95. The van der Waals surface area contributed by atoms with Crippen molar-refractivity contribution >= 4 is 22.8 Å². The summed E-state index contributed by atoms with van der Waals surface area (Å²) in [5.74, 6) is -1.33. The van der Waals surface area contributed by atoms with Crippen LogP contribution in [0, 0.1) is 0 Å². The topological polar surface area (TPSA) is 139 Å². The number of H-pyrrole nitrogens is 1. The van der Waals surface area contributed by atoms with Crippen LogP contribution in [0.25, 0.3) is 11.0 Å². The van der Waals surface area contributed by atoms with Gasteiger partial charge >= 0.3 is 11.9 Å². The van der Waals surface area contributed by atoms with E-state index in [0.717, 1.165) is 0 Å². The fourth-order valence-electron chi connectivity index (χ4n) is 5.20. The SMILES string of the molecule is C[C@@]1(O)CC2(CCN(C(=O)c3ccc4nc(C(F)(F)F)[nH]c4c3)CC2)OC[C@H]1n1ccc(N)nc1=O. The van der Waals surface area contributed by atoms with E-state index >= 15 is 0 Å². The van der Waals surface area contributed by atoms with Gasteiger partial charge < -0.3 is 25.5 Å². The Bertz CT molecular complexity index is 1370. The minimum absolute atomic E-state index is 0.0878. The number of halogens is 3. The van der Waals surface area contributed by atoms with Gasteiger partial charge in [0, 0.05) is 31.3 Å². The number of carbonyl (C=O) groups excluding carboxylic acids is 1. The van der Waals surface area contributed by atoms with Gasteiger partial charge in [-0.05, 0) is 44.0 Å². The highest BCUT2D eigenvalue weighted by Crippen LogP contribution is 2.43. The molecule has 2 aliphatic heterocycles. The Morgan fingerprint density at radius 2 is 1.97 bits per heavy atom. The normalized spacial score (nSPS) is 24.4. The van der Waals surface area contributed by atoms with Gasteiger partial charge in [0.05, 0.1) is 34.9 Å². The molecule has 1 amide bonds. The highest BCUT2D eigenvalue weighted by atomic mass is 19.4. The third-order valence-electron chi connectivity index (χ3n) is 7.09. The number of nitrogen functional groups attached to an aromatic ring is 1. The van der Waals surface area contributed by atoms with Crippen molar-refractivity contribution in [2.75, 3.05) is 25.4 Å². The minimum atomic E-state index is -4.61.